The highest BCUT2D eigenvalue weighted by molar-refractivity contribution is 5.83. The molecule has 0 saturated carbocycles. The molecule has 1 aromatic heterocycles. The molecule has 3 rings (SSSR count). The Labute approximate surface area is 112 Å². The molecule has 19 heavy (non-hydrogen) atoms. The van der Waals surface area contributed by atoms with E-state index in [1.54, 1.807) is 0 Å². The second-order valence-corrected chi connectivity index (χ2v) is 4.79. The van der Waals surface area contributed by atoms with Crippen molar-refractivity contribution in [1.82, 2.24) is 4.98 Å². The minimum atomic E-state index is -0.176. The van der Waals surface area contributed by atoms with Crippen molar-refractivity contribution < 1.29 is 0 Å². The van der Waals surface area contributed by atoms with E-state index in [0.717, 1.165) is 17.0 Å². The molecule has 1 atom stereocenters. The van der Waals surface area contributed by atoms with Crippen molar-refractivity contribution in [3.05, 3.63) is 77.6 Å². The molecule has 0 aliphatic heterocycles. The second-order valence-electron chi connectivity index (χ2n) is 4.79. The summed E-state index contributed by atoms with van der Waals surface area (Å²) in [4.78, 5) is 4.50. The molecule has 1 heterocycles. The number of nitrogens with zero attached hydrogens (tertiary/aromatic N) is 1. The number of nitrogens with two attached hydrogens (primary N) is 1. The van der Waals surface area contributed by atoms with Crippen molar-refractivity contribution in [2.24, 2.45) is 5.73 Å². The van der Waals surface area contributed by atoms with Crippen molar-refractivity contribution in [2.45, 2.75) is 13.0 Å². The van der Waals surface area contributed by atoms with Crippen LogP contribution in [0.25, 0.3) is 10.8 Å². The molecule has 0 spiro atoms. The third-order valence-corrected chi connectivity index (χ3v) is 3.36. The zero-order chi connectivity index (χ0) is 13.2. The van der Waals surface area contributed by atoms with Crippen LogP contribution in [0.1, 0.15) is 23.0 Å². The van der Waals surface area contributed by atoms with E-state index in [1.807, 2.05) is 37.3 Å². The number of aromatic nitrogens is 1. The highest BCUT2D eigenvalue weighted by Crippen LogP contribution is 2.22. The molecule has 0 fully saturated rings. The predicted octanol–water partition coefficient (Wildman–Crippen LogP) is 3.59. The first-order chi connectivity index (χ1) is 9.24. The van der Waals surface area contributed by atoms with Crippen LogP contribution in [0.4, 0.5) is 0 Å². The summed E-state index contributed by atoms with van der Waals surface area (Å²) >= 11 is 0. The lowest BCUT2D eigenvalue weighted by atomic mass is 10.00. The zero-order valence-electron chi connectivity index (χ0n) is 10.9. The first kappa shape index (κ1) is 11.9. The molecule has 2 aromatic carbocycles. The normalized spacial score (nSPS) is 12.5. The van der Waals surface area contributed by atoms with Gasteiger partial charge in [-0.3, -0.25) is 4.98 Å². The molecule has 94 valence electrons. The van der Waals surface area contributed by atoms with Crippen LogP contribution in [0.3, 0.4) is 0 Å². The molecule has 2 N–H and O–H groups in total. The molecule has 0 amide bonds. The third kappa shape index (κ3) is 2.35. The Bertz CT molecular complexity index is 719. The SMILES string of the molecule is Cc1cccc(C(N)c2ccc3ccccc3c2)n1. The molecule has 2 nitrogen and oxygen atoms in total. The van der Waals surface area contributed by atoms with Crippen LogP contribution in [0.2, 0.25) is 0 Å². The van der Waals surface area contributed by atoms with Crippen molar-refractivity contribution in [3.8, 4) is 0 Å². The van der Waals surface area contributed by atoms with E-state index in [9.17, 15) is 0 Å². The van der Waals surface area contributed by atoms with E-state index < -0.39 is 0 Å². The van der Waals surface area contributed by atoms with Gasteiger partial charge in [0, 0.05) is 5.69 Å². The Morgan fingerprint density at radius 3 is 2.47 bits per heavy atom. The molecule has 3 aromatic rings. The Kier molecular flexibility index (Phi) is 3.02. The summed E-state index contributed by atoms with van der Waals surface area (Å²) in [6.07, 6.45) is 0. The third-order valence-electron chi connectivity index (χ3n) is 3.36. The van der Waals surface area contributed by atoms with Gasteiger partial charge in [0.2, 0.25) is 0 Å². The number of pyridine rings is 1. The maximum Gasteiger partial charge on any atom is 0.0726 e. The van der Waals surface area contributed by atoms with E-state index in [1.165, 1.54) is 10.8 Å². The lowest BCUT2D eigenvalue weighted by Gasteiger charge is -2.13. The first-order valence-electron chi connectivity index (χ1n) is 6.42. The molecule has 0 saturated heterocycles. The number of hydrogen-bond acceptors (Lipinski definition) is 2. The van der Waals surface area contributed by atoms with Gasteiger partial charge in [-0.1, -0.05) is 42.5 Å². The van der Waals surface area contributed by atoms with Crippen LogP contribution in [0.5, 0.6) is 0 Å². The lowest BCUT2D eigenvalue weighted by molar-refractivity contribution is 0.823. The first-order valence-corrected chi connectivity index (χ1v) is 6.42. The topological polar surface area (TPSA) is 38.9 Å². The molecule has 0 radical (unpaired) electrons. The van der Waals surface area contributed by atoms with E-state index in [-0.39, 0.29) is 6.04 Å². The Balaban J connectivity index is 2.04. The number of benzene rings is 2. The van der Waals surface area contributed by atoms with Crippen molar-refractivity contribution in [2.75, 3.05) is 0 Å². The van der Waals surface area contributed by atoms with E-state index >= 15 is 0 Å². The van der Waals surface area contributed by atoms with E-state index in [2.05, 4.69) is 35.3 Å². The standard InChI is InChI=1S/C17H16N2/c1-12-5-4-8-16(19-12)17(18)15-10-9-13-6-2-3-7-14(13)11-15/h2-11,17H,18H2,1H3. The summed E-state index contributed by atoms with van der Waals surface area (Å²) < 4.78 is 0. The molecule has 0 aliphatic carbocycles. The van der Waals surface area contributed by atoms with Gasteiger partial charge >= 0.3 is 0 Å². The van der Waals surface area contributed by atoms with Crippen molar-refractivity contribution in [3.63, 3.8) is 0 Å². The number of fused-ring (bicyclic) bond motifs is 1. The average molecular weight is 248 g/mol. The van der Waals surface area contributed by atoms with Crippen LogP contribution in [0, 0.1) is 6.92 Å². The van der Waals surface area contributed by atoms with Gasteiger partial charge in [0.15, 0.2) is 0 Å². The maximum absolute atomic E-state index is 6.31. The van der Waals surface area contributed by atoms with Gasteiger partial charge in [0.25, 0.3) is 0 Å². The summed E-state index contributed by atoms with van der Waals surface area (Å²) in [5, 5.41) is 2.44. The minimum absolute atomic E-state index is 0.176. The van der Waals surface area contributed by atoms with Gasteiger partial charge in [-0.15, -0.1) is 0 Å². The van der Waals surface area contributed by atoms with Crippen LogP contribution < -0.4 is 5.73 Å². The zero-order valence-corrected chi connectivity index (χ0v) is 10.9. The fourth-order valence-corrected chi connectivity index (χ4v) is 2.31. The fraction of sp³-hybridized carbons (Fsp3) is 0.118. The van der Waals surface area contributed by atoms with Crippen LogP contribution in [0.15, 0.2) is 60.7 Å². The van der Waals surface area contributed by atoms with Gasteiger partial charge in [-0.2, -0.15) is 0 Å². The highest BCUT2D eigenvalue weighted by Gasteiger charge is 2.10. The summed E-state index contributed by atoms with van der Waals surface area (Å²) in [7, 11) is 0. The average Bonchev–Trinajstić information content (AvgIpc) is 2.46. The van der Waals surface area contributed by atoms with Gasteiger partial charge in [0.1, 0.15) is 0 Å². The molecular formula is C17H16N2. The van der Waals surface area contributed by atoms with Crippen LogP contribution in [-0.2, 0) is 0 Å². The van der Waals surface area contributed by atoms with Gasteiger partial charge in [-0.05, 0) is 41.5 Å². The van der Waals surface area contributed by atoms with Gasteiger partial charge < -0.3 is 5.73 Å². The number of aryl methyl sites for hydroxylation is 1. The predicted molar refractivity (Wildman–Crippen MR) is 79.0 cm³/mol. The number of hydrogen-bond donors (Lipinski definition) is 1. The lowest BCUT2D eigenvalue weighted by Crippen LogP contribution is -2.13. The molecule has 2 heteroatoms. The molecule has 1 unspecified atom stereocenters. The van der Waals surface area contributed by atoms with Crippen LogP contribution >= 0.6 is 0 Å². The summed E-state index contributed by atoms with van der Waals surface area (Å²) in [6, 6.07) is 20.4. The Morgan fingerprint density at radius 2 is 1.68 bits per heavy atom. The second kappa shape index (κ2) is 4.82. The van der Waals surface area contributed by atoms with Gasteiger partial charge in [-0.25, -0.2) is 0 Å². The number of rotatable bonds is 2. The van der Waals surface area contributed by atoms with Crippen molar-refractivity contribution in [1.29, 1.82) is 0 Å². The quantitative estimate of drug-likeness (QED) is 0.752. The Hall–Kier alpha value is -2.19. The monoisotopic (exact) mass is 248 g/mol. The van der Waals surface area contributed by atoms with Crippen LogP contribution in [-0.4, -0.2) is 4.98 Å². The largest absolute Gasteiger partial charge is 0.319 e. The highest BCUT2D eigenvalue weighted by atomic mass is 14.8. The Morgan fingerprint density at radius 1 is 0.895 bits per heavy atom. The summed E-state index contributed by atoms with van der Waals surface area (Å²) in [6.45, 7) is 1.98. The smallest absolute Gasteiger partial charge is 0.0726 e. The van der Waals surface area contributed by atoms with Crippen molar-refractivity contribution >= 4 is 10.8 Å². The fourth-order valence-electron chi connectivity index (χ4n) is 2.31. The van der Waals surface area contributed by atoms with Gasteiger partial charge in [0.05, 0.1) is 11.7 Å². The maximum atomic E-state index is 6.31. The minimum Gasteiger partial charge on any atom is -0.319 e. The summed E-state index contributed by atoms with van der Waals surface area (Å²) in [5.41, 5.74) is 9.31. The van der Waals surface area contributed by atoms with E-state index in [4.69, 9.17) is 5.73 Å². The molecular weight excluding hydrogens is 232 g/mol. The van der Waals surface area contributed by atoms with E-state index in [0.29, 0.717) is 0 Å². The molecule has 0 aliphatic rings. The summed E-state index contributed by atoms with van der Waals surface area (Å²) in [5.74, 6) is 0. The molecule has 0 bridgehead atoms.